The summed E-state index contributed by atoms with van der Waals surface area (Å²) in [4.78, 5) is 26.4. The Morgan fingerprint density at radius 1 is 1.07 bits per heavy atom. The molecule has 1 amide bonds. The molecule has 1 aliphatic heterocycles. The van der Waals surface area contributed by atoms with E-state index in [0.29, 0.717) is 30.2 Å². The van der Waals surface area contributed by atoms with E-state index in [1.165, 1.54) is 0 Å². The van der Waals surface area contributed by atoms with Gasteiger partial charge in [0.1, 0.15) is 0 Å². The lowest BCUT2D eigenvalue weighted by molar-refractivity contribution is -0.134. The zero-order valence-electron chi connectivity index (χ0n) is 15.8. The van der Waals surface area contributed by atoms with Crippen LogP contribution in [0.5, 0.6) is 11.5 Å². The summed E-state index contributed by atoms with van der Waals surface area (Å²) in [6.07, 6.45) is 0. The first-order valence-corrected chi connectivity index (χ1v) is 8.88. The number of hydrogen-bond donors (Lipinski definition) is 0. The number of carbonyl (C=O) groups is 2. The lowest BCUT2D eigenvalue weighted by atomic mass is 10.1. The molecule has 0 aromatic heterocycles. The van der Waals surface area contributed by atoms with Gasteiger partial charge in [-0.2, -0.15) is 0 Å². The summed E-state index contributed by atoms with van der Waals surface area (Å²) in [6.45, 7) is 6.54. The largest absolute Gasteiger partial charge is 0.454 e. The Labute approximate surface area is 158 Å². The fraction of sp³-hybridized carbons (Fsp3) is 0.333. The summed E-state index contributed by atoms with van der Waals surface area (Å²) in [5.74, 6) is 0.654. The van der Waals surface area contributed by atoms with Crippen LogP contribution in [0.15, 0.2) is 36.4 Å². The van der Waals surface area contributed by atoms with Crippen molar-refractivity contribution in [1.29, 1.82) is 0 Å². The average molecular weight is 369 g/mol. The molecule has 0 N–H and O–H groups in total. The molecule has 6 heteroatoms. The summed E-state index contributed by atoms with van der Waals surface area (Å²) in [6, 6.07) is 11.1. The van der Waals surface area contributed by atoms with Crippen LogP contribution in [0.1, 0.15) is 34.0 Å². The predicted octanol–water partition coefficient (Wildman–Crippen LogP) is 3.24. The van der Waals surface area contributed by atoms with Crippen molar-refractivity contribution in [2.24, 2.45) is 0 Å². The fourth-order valence-corrected chi connectivity index (χ4v) is 2.97. The highest BCUT2D eigenvalue weighted by Crippen LogP contribution is 2.32. The van der Waals surface area contributed by atoms with Crippen molar-refractivity contribution in [3.63, 3.8) is 0 Å². The van der Waals surface area contributed by atoms with Crippen LogP contribution in [0.3, 0.4) is 0 Å². The first kappa shape index (κ1) is 18.8. The first-order chi connectivity index (χ1) is 13.0. The maximum absolute atomic E-state index is 12.5. The number of esters is 1. The molecule has 0 aliphatic carbocycles. The molecule has 0 saturated heterocycles. The minimum atomic E-state index is -0.486. The summed E-state index contributed by atoms with van der Waals surface area (Å²) in [5, 5.41) is 0. The lowest BCUT2D eigenvalue weighted by Crippen LogP contribution is -2.34. The molecule has 2 aromatic carbocycles. The van der Waals surface area contributed by atoms with E-state index in [-0.39, 0.29) is 19.3 Å². The summed E-state index contributed by atoms with van der Waals surface area (Å²) in [7, 11) is 0. The van der Waals surface area contributed by atoms with Crippen molar-refractivity contribution in [3.05, 3.63) is 58.7 Å². The van der Waals surface area contributed by atoms with E-state index in [2.05, 4.69) is 0 Å². The van der Waals surface area contributed by atoms with E-state index in [0.717, 1.165) is 16.7 Å². The summed E-state index contributed by atoms with van der Waals surface area (Å²) < 4.78 is 15.9. The van der Waals surface area contributed by atoms with E-state index in [9.17, 15) is 9.59 Å². The van der Waals surface area contributed by atoms with Crippen LogP contribution in [0, 0.1) is 13.8 Å². The van der Waals surface area contributed by atoms with Crippen molar-refractivity contribution in [2.45, 2.75) is 27.3 Å². The number of amides is 1. The molecule has 0 radical (unpaired) electrons. The maximum atomic E-state index is 12.5. The molecular formula is C21H23NO5. The van der Waals surface area contributed by atoms with Crippen LogP contribution < -0.4 is 9.47 Å². The van der Waals surface area contributed by atoms with Gasteiger partial charge in [-0.25, -0.2) is 4.79 Å². The third-order valence-corrected chi connectivity index (χ3v) is 4.47. The topological polar surface area (TPSA) is 65.1 Å². The zero-order valence-corrected chi connectivity index (χ0v) is 15.8. The predicted molar refractivity (Wildman–Crippen MR) is 99.9 cm³/mol. The fourth-order valence-electron chi connectivity index (χ4n) is 2.97. The van der Waals surface area contributed by atoms with Gasteiger partial charge in [-0.3, -0.25) is 4.79 Å². The Morgan fingerprint density at radius 3 is 2.59 bits per heavy atom. The summed E-state index contributed by atoms with van der Waals surface area (Å²) in [5.41, 5.74) is 3.31. The molecule has 1 aliphatic rings. The third-order valence-electron chi connectivity index (χ3n) is 4.47. The van der Waals surface area contributed by atoms with Crippen LogP contribution in [0.25, 0.3) is 0 Å². The highest BCUT2D eigenvalue weighted by atomic mass is 16.7. The number of likely N-dealkylation sites (N-methyl/N-ethyl adjacent to an activating group) is 1. The van der Waals surface area contributed by atoms with E-state index in [4.69, 9.17) is 14.2 Å². The Bertz CT molecular complexity index is 862. The van der Waals surface area contributed by atoms with Gasteiger partial charge in [-0.1, -0.05) is 23.8 Å². The second kappa shape index (κ2) is 8.12. The van der Waals surface area contributed by atoms with E-state index in [1.54, 1.807) is 11.0 Å². The molecule has 0 atom stereocenters. The number of carbonyl (C=O) groups excluding carboxylic acids is 2. The van der Waals surface area contributed by atoms with Crippen LogP contribution in [-0.4, -0.2) is 36.7 Å². The molecule has 142 valence electrons. The Morgan fingerprint density at radius 2 is 1.85 bits per heavy atom. The van der Waals surface area contributed by atoms with Gasteiger partial charge in [0.25, 0.3) is 5.91 Å². The normalized spacial score (nSPS) is 12.0. The van der Waals surface area contributed by atoms with Crippen molar-refractivity contribution in [1.82, 2.24) is 4.90 Å². The molecule has 0 spiro atoms. The Balaban J connectivity index is 1.59. The number of ether oxygens (including phenoxy) is 3. The number of nitrogens with zero attached hydrogens (tertiary/aromatic N) is 1. The minimum Gasteiger partial charge on any atom is -0.454 e. The van der Waals surface area contributed by atoms with Gasteiger partial charge in [-0.05, 0) is 50.1 Å². The van der Waals surface area contributed by atoms with Crippen molar-refractivity contribution >= 4 is 11.9 Å². The van der Waals surface area contributed by atoms with Gasteiger partial charge in [0.15, 0.2) is 18.1 Å². The molecular weight excluding hydrogens is 346 g/mol. The molecule has 0 fully saturated rings. The maximum Gasteiger partial charge on any atom is 0.338 e. The second-order valence-corrected chi connectivity index (χ2v) is 6.49. The van der Waals surface area contributed by atoms with Crippen molar-refractivity contribution in [3.8, 4) is 11.5 Å². The van der Waals surface area contributed by atoms with Gasteiger partial charge in [0.05, 0.1) is 5.56 Å². The first-order valence-electron chi connectivity index (χ1n) is 8.88. The van der Waals surface area contributed by atoms with Crippen molar-refractivity contribution in [2.75, 3.05) is 19.9 Å². The van der Waals surface area contributed by atoms with Crippen molar-refractivity contribution < 1.29 is 23.8 Å². The van der Waals surface area contributed by atoms with Gasteiger partial charge in [-0.15, -0.1) is 0 Å². The van der Waals surface area contributed by atoms with E-state index < -0.39 is 5.97 Å². The smallest absolute Gasteiger partial charge is 0.338 e. The third kappa shape index (κ3) is 4.39. The highest BCUT2D eigenvalue weighted by Gasteiger charge is 2.19. The molecule has 27 heavy (non-hydrogen) atoms. The molecule has 1 heterocycles. The van der Waals surface area contributed by atoms with Gasteiger partial charge >= 0.3 is 5.97 Å². The zero-order chi connectivity index (χ0) is 19.4. The van der Waals surface area contributed by atoms with Gasteiger partial charge in [0.2, 0.25) is 6.79 Å². The number of hydrogen-bond acceptors (Lipinski definition) is 5. The second-order valence-electron chi connectivity index (χ2n) is 6.49. The quantitative estimate of drug-likeness (QED) is 0.732. The number of fused-ring (bicyclic) bond motifs is 1. The number of aryl methyl sites for hydroxylation is 2. The molecule has 6 nitrogen and oxygen atoms in total. The van der Waals surface area contributed by atoms with Gasteiger partial charge in [0, 0.05) is 13.1 Å². The molecule has 0 saturated carbocycles. The van der Waals surface area contributed by atoms with E-state index >= 15 is 0 Å². The monoisotopic (exact) mass is 369 g/mol. The Hall–Kier alpha value is -3.02. The van der Waals surface area contributed by atoms with Gasteiger partial charge < -0.3 is 19.1 Å². The molecule has 0 unspecified atom stereocenters. The molecule has 3 rings (SSSR count). The van der Waals surface area contributed by atoms with Crippen LogP contribution in [-0.2, 0) is 16.1 Å². The standard InChI is InChI=1S/C21H23NO5/c1-4-22(11-16-6-8-18-19(10-16)27-13-26-18)20(23)12-25-21(24)17-7-5-14(2)9-15(17)3/h5-10H,4,11-13H2,1-3H3. The SMILES string of the molecule is CCN(Cc1ccc2c(c1)OCO2)C(=O)COC(=O)c1ccc(C)cc1C. The molecule has 2 aromatic rings. The van der Waals surface area contributed by atoms with Crippen LogP contribution >= 0.6 is 0 Å². The van der Waals surface area contributed by atoms with E-state index in [1.807, 2.05) is 51.1 Å². The minimum absolute atomic E-state index is 0.212. The number of rotatable bonds is 6. The van der Waals surface area contributed by atoms with Crippen LogP contribution in [0.4, 0.5) is 0 Å². The Kier molecular flexibility index (Phi) is 5.64. The number of benzene rings is 2. The molecule has 0 bridgehead atoms. The average Bonchev–Trinajstić information content (AvgIpc) is 3.11. The van der Waals surface area contributed by atoms with Crippen LogP contribution in [0.2, 0.25) is 0 Å². The highest BCUT2D eigenvalue weighted by molar-refractivity contribution is 5.92. The lowest BCUT2D eigenvalue weighted by Gasteiger charge is -2.21. The summed E-state index contributed by atoms with van der Waals surface area (Å²) >= 11 is 0.